The van der Waals surface area contributed by atoms with E-state index in [1.807, 2.05) is 37.3 Å². The van der Waals surface area contributed by atoms with Crippen molar-refractivity contribution in [1.29, 1.82) is 0 Å². The molecule has 0 bridgehead atoms. The standard InChI is InChI=1S/C11H15NO2/c1-2-10(12-8-11(13)14)9-6-4-3-5-7-9/h3-7,10,12H,2,8H2,1H3,(H,13,14)/t10-/m1/s1. The summed E-state index contributed by atoms with van der Waals surface area (Å²) in [5.41, 5.74) is 1.14. The largest absolute Gasteiger partial charge is 0.480 e. The Balaban J connectivity index is 2.58. The van der Waals surface area contributed by atoms with E-state index in [9.17, 15) is 4.79 Å². The van der Waals surface area contributed by atoms with Crippen LogP contribution in [0.15, 0.2) is 30.3 Å². The van der Waals surface area contributed by atoms with Crippen molar-refractivity contribution in [2.45, 2.75) is 19.4 Å². The number of nitrogens with one attached hydrogen (secondary N) is 1. The quantitative estimate of drug-likeness (QED) is 0.749. The molecule has 0 aliphatic rings. The Kier molecular flexibility index (Phi) is 4.13. The van der Waals surface area contributed by atoms with E-state index in [1.54, 1.807) is 0 Å². The fourth-order valence-corrected chi connectivity index (χ4v) is 1.39. The Hall–Kier alpha value is -1.35. The predicted octanol–water partition coefficient (Wildman–Crippen LogP) is 1.81. The summed E-state index contributed by atoms with van der Waals surface area (Å²) >= 11 is 0. The van der Waals surface area contributed by atoms with Crippen molar-refractivity contribution in [3.05, 3.63) is 35.9 Å². The van der Waals surface area contributed by atoms with Crippen molar-refractivity contribution in [2.75, 3.05) is 6.54 Å². The van der Waals surface area contributed by atoms with E-state index in [1.165, 1.54) is 0 Å². The number of hydrogen-bond acceptors (Lipinski definition) is 2. The van der Waals surface area contributed by atoms with E-state index < -0.39 is 5.97 Å². The van der Waals surface area contributed by atoms with Crippen LogP contribution in [0.3, 0.4) is 0 Å². The fourth-order valence-electron chi connectivity index (χ4n) is 1.39. The molecule has 0 aliphatic heterocycles. The molecule has 3 heteroatoms. The highest BCUT2D eigenvalue weighted by atomic mass is 16.4. The van der Waals surface area contributed by atoms with E-state index in [2.05, 4.69) is 5.32 Å². The first kappa shape index (κ1) is 10.7. The zero-order valence-electron chi connectivity index (χ0n) is 8.23. The van der Waals surface area contributed by atoms with E-state index in [-0.39, 0.29) is 12.6 Å². The summed E-state index contributed by atoms with van der Waals surface area (Å²) in [5, 5.41) is 11.5. The fraction of sp³-hybridized carbons (Fsp3) is 0.364. The summed E-state index contributed by atoms with van der Waals surface area (Å²) in [6.45, 7) is 2.04. The summed E-state index contributed by atoms with van der Waals surface area (Å²) in [6.07, 6.45) is 0.886. The highest BCUT2D eigenvalue weighted by Gasteiger charge is 2.08. The number of aliphatic carboxylic acids is 1. The second-order valence-electron chi connectivity index (χ2n) is 3.15. The second kappa shape index (κ2) is 5.40. The molecule has 0 aromatic heterocycles. The third-order valence-electron chi connectivity index (χ3n) is 2.11. The lowest BCUT2D eigenvalue weighted by Gasteiger charge is -2.15. The zero-order valence-corrected chi connectivity index (χ0v) is 8.23. The van der Waals surface area contributed by atoms with Crippen LogP contribution in [0, 0.1) is 0 Å². The summed E-state index contributed by atoms with van der Waals surface area (Å²) in [5.74, 6) is -0.820. The van der Waals surface area contributed by atoms with Gasteiger partial charge in [0, 0.05) is 6.04 Å². The Morgan fingerprint density at radius 2 is 2.07 bits per heavy atom. The highest BCUT2D eigenvalue weighted by Crippen LogP contribution is 2.15. The van der Waals surface area contributed by atoms with Crippen molar-refractivity contribution in [1.82, 2.24) is 5.32 Å². The van der Waals surface area contributed by atoms with Crippen molar-refractivity contribution < 1.29 is 9.90 Å². The van der Waals surface area contributed by atoms with Crippen LogP contribution in [0.2, 0.25) is 0 Å². The molecule has 0 unspecified atom stereocenters. The summed E-state index contributed by atoms with van der Waals surface area (Å²) < 4.78 is 0. The number of carbonyl (C=O) groups is 1. The number of rotatable bonds is 5. The minimum atomic E-state index is -0.820. The van der Waals surface area contributed by atoms with Gasteiger partial charge in [-0.25, -0.2) is 0 Å². The molecule has 0 heterocycles. The maximum absolute atomic E-state index is 10.4. The molecular formula is C11H15NO2. The lowest BCUT2D eigenvalue weighted by Crippen LogP contribution is -2.26. The summed E-state index contributed by atoms with van der Waals surface area (Å²) in [6, 6.07) is 10.0. The molecule has 0 saturated heterocycles. The second-order valence-corrected chi connectivity index (χ2v) is 3.15. The van der Waals surface area contributed by atoms with Gasteiger partial charge in [-0.1, -0.05) is 37.3 Å². The molecular weight excluding hydrogens is 178 g/mol. The average Bonchev–Trinajstić information content (AvgIpc) is 2.20. The van der Waals surface area contributed by atoms with Crippen molar-refractivity contribution in [2.24, 2.45) is 0 Å². The smallest absolute Gasteiger partial charge is 0.317 e. The minimum absolute atomic E-state index is 0.00734. The van der Waals surface area contributed by atoms with E-state index in [0.29, 0.717) is 0 Å². The average molecular weight is 193 g/mol. The topological polar surface area (TPSA) is 49.3 Å². The van der Waals surface area contributed by atoms with Gasteiger partial charge in [-0.3, -0.25) is 4.79 Å². The first-order valence-electron chi connectivity index (χ1n) is 4.74. The van der Waals surface area contributed by atoms with Gasteiger partial charge in [0.05, 0.1) is 6.54 Å². The lowest BCUT2D eigenvalue weighted by atomic mass is 10.1. The normalized spacial score (nSPS) is 12.4. The van der Waals surface area contributed by atoms with Crippen LogP contribution in [0.1, 0.15) is 24.9 Å². The Bertz CT molecular complexity index is 285. The van der Waals surface area contributed by atoms with E-state index in [4.69, 9.17) is 5.11 Å². The Morgan fingerprint density at radius 3 is 2.57 bits per heavy atom. The van der Waals surface area contributed by atoms with E-state index >= 15 is 0 Å². The molecule has 0 saturated carbocycles. The molecule has 0 fully saturated rings. The van der Waals surface area contributed by atoms with Gasteiger partial charge in [-0.2, -0.15) is 0 Å². The molecule has 0 amide bonds. The predicted molar refractivity (Wildman–Crippen MR) is 55.1 cm³/mol. The lowest BCUT2D eigenvalue weighted by molar-refractivity contribution is -0.136. The maximum atomic E-state index is 10.4. The monoisotopic (exact) mass is 193 g/mol. The van der Waals surface area contributed by atoms with Gasteiger partial charge in [0.25, 0.3) is 0 Å². The van der Waals surface area contributed by atoms with Crippen LogP contribution in [0.25, 0.3) is 0 Å². The van der Waals surface area contributed by atoms with Crippen molar-refractivity contribution in [3.8, 4) is 0 Å². The van der Waals surface area contributed by atoms with Gasteiger partial charge in [0.1, 0.15) is 0 Å². The number of carboxylic acids is 1. The van der Waals surface area contributed by atoms with Crippen LogP contribution >= 0.6 is 0 Å². The molecule has 2 N–H and O–H groups in total. The highest BCUT2D eigenvalue weighted by molar-refractivity contribution is 5.69. The van der Waals surface area contributed by atoms with Gasteiger partial charge in [0.2, 0.25) is 0 Å². The van der Waals surface area contributed by atoms with Crippen LogP contribution < -0.4 is 5.32 Å². The van der Waals surface area contributed by atoms with Crippen LogP contribution in [-0.4, -0.2) is 17.6 Å². The Labute approximate surface area is 83.8 Å². The number of benzene rings is 1. The number of hydrogen-bond donors (Lipinski definition) is 2. The van der Waals surface area contributed by atoms with Crippen LogP contribution in [0.5, 0.6) is 0 Å². The third-order valence-corrected chi connectivity index (χ3v) is 2.11. The van der Waals surface area contributed by atoms with Crippen molar-refractivity contribution in [3.63, 3.8) is 0 Å². The molecule has 1 aromatic carbocycles. The minimum Gasteiger partial charge on any atom is -0.480 e. The van der Waals surface area contributed by atoms with Gasteiger partial charge in [0.15, 0.2) is 0 Å². The maximum Gasteiger partial charge on any atom is 0.317 e. The molecule has 1 atom stereocenters. The third kappa shape index (κ3) is 3.18. The van der Waals surface area contributed by atoms with Gasteiger partial charge >= 0.3 is 5.97 Å². The van der Waals surface area contributed by atoms with Crippen LogP contribution in [0.4, 0.5) is 0 Å². The molecule has 0 aliphatic carbocycles. The summed E-state index contributed by atoms with van der Waals surface area (Å²) in [7, 11) is 0. The molecule has 0 radical (unpaired) electrons. The number of carboxylic acid groups (broad SMARTS) is 1. The van der Waals surface area contributed by atoms with Gasteiger partial charge in [-0.15, -0.1) is 0 Å². The molecule has 76 valence electrons. The molecule has 1 rings (SSSR count). The van der Waals surface area contributed by atoms with Crippen molar-refractivity contribution >= 4 is 5.97 Å². The first-order chi connectivity index (χ1) is 6.74. The molecule has 14 heavy (non-hydrogen) atoms. The molecule has 3 nitrogen and oxygen atoms in total. The first-order valence-corrected chi connectivity index (χ1v) is 4.74. The zero-order chi connectivity index (χ0) is 10.4. The SMILES string of the molecule is CC[C@@H](NCC(=O)O)c1ccccc1. The van der Waals surface area contributed by atoms with Crippen LogP contribution in [-0.2, 0) is 4.79 Å². The van der Waals surface area contributed by atoms with Gasteiger partial charge < -0.3 is 10.4 Å². The van der Waals surface area contributed by atoms with E-state index in [0.717, 1.165) is 12.0 Å². The molecule has 1 aromatic rings. The molecule has 0 spiro atoms. The summed E-state index contributed by atoms with van der Waals surface area (Å²) in [4.78, 5) is 10.4. The Morgan fingerprint density at radius 1 is 1.43 bits per heavy atom. The van der Waals surface area contributed by atoms with Gasteiger partial charge in [-0.05, 0) is 12.0 Å².